The molecule has 0 saturated carbocycles. The van der Waals surface area contributed by atoms with Crippen molar-refractivity contribution in [3.8, 4) is 0 Å². The second-order valence-electron chi connectivity index (χ2n) is 1.33. The van der Waals surface area contributed by atoms with Gasteiger partial charge in [0.2, 0.25) is 5.91 Å². The third-order valence-corrected chi connectivity index (χ3v) is 1.22. The van der Waals surface area contributed by atoms with Gasteiger partial charge in [0.15, 0.2) is 0 Å². The van der Waals surface area contributed by atoms with Gasteiger partial charge in [-0.1, -0.05) is 15.9 Å². The van der Waals surface area contributed by atoms with Crippen molar-refractivity contribution in [2.75, 3.05) is 5.33 Å². The maximum Gasteiger partial charge on any atom is 0.243 e. The summed E-state index contributed by atoms with van der Waals surface area (Å²) in [6.45, 7) is 0. The van der Waals surface area contributed by atoms with Crippen molar-refractivity contribution in [2.45, 2.75) is 12.8 Å². The molecule has 0 aromatic heterocycles. The van der Waals surface area contributed by atoms with Crippen molar-refractivity contribution in [1.82, 2.24) is 5.48 Å². The SMILES string of the molecule is O=C(CCCBr)NO. The Morgan fingerprint density at radius 2 is 2.38 bits per heavy atom. The van der Waals surface area contributed by atoms with Crippen molar-refractivity contribution in [3.05, 3.63) is 0 Å². The number of carbonyl (C=O) groups excluding carboxylic acids is 1. The van der Waals surface area contributed by atoms with E-state index in [1.165, 1.54) is 0 Å². The van der Waals surface area contributed by atoms with E-state index in [1.54, 1.807) is 5.48 Å². The molecule has 0 radical (unpaired) electrons. The van der Waals surface area contributed by atoms with Crippen molar-refractivity contribution in [3.63, 3.8) is 0 Å². The fraction of sp³-hybridized carbons (Fsp3) is 0.750. The van der Waals surface area contributed by atoms with Crippen LogP contribution in [0.1, 0.15) is 12.8 Å². The molecule has 0 fully saturated rings. The molecule has 0 aliphatic heterocycles. The summed E-state index contributed by atoms with van der Waals surface area (Å²) >= 11 is 3.15. The van der Waals surface area contributed by atoms with E-state index in [9.17, 15) is 4.79 Å². The lowest BCUT2D eigenvalue weighted by molar-refractivity contribution is -0.129. The van der Waals surface area contributed by atoms with Crippen LogP contribution in [0.15, 0.2) is 0 Å². The maximum absolute atomic E-state index is 10.2. The number of hydrogen-bond acceptors (Lipinski definition) is 2. The van der Waals surface area contributed by atoms with E-state index in [2.05, 4.69) is 15.9 Å². The van der Waals surface area contributed by atoms with Crippen LogP contribution in [0.25, 0.3) is 0 Å². The molecule has 4 heteroatoms. The Morgan fingerprint density at radius 1 is 1.75 bits per heavy atom. The van der Waals surface area contributed by atoms with E-state index in [0.29, 0.717) is 6.42 Å². The van der Waals surface area contributed by atoms with Gasteiger partial charge < -0.3 is 0 Å². The van der Waals surface area contributed by atoms with Crippen LogP contribution in [0.2, 0.25) is 0 Å². The Bertz CT molecular complexity index is 76.4. The molecule has 8 heavy (non-hydrogen) atoms. The first kappa shape index (κ1) is 7.91. The highest BCUT2D eigenvalue weighted by Crippen LogP contribution is 1.91. The van der Waals surface area contributed by atoms with Crippen LogP contribution in [-0.4, -0.2) is 16.4 Å². The molecule has 3 nitrogen and oxygen atoms in total. The lowest BCUT2D eigenvalue weighted by Crippen LogP contribution is -2.17. The molecule has 0 aromatic rings. The number of hydrogen-bond donors (Lipinski definition) is 2. The molecule has 0 unspecified atom stereocenters. The zero-order valence-corrected chi connectivity index (χ0v) is 5.94. The van der Waals surface area contributed by atoms with Crippen molar-refractivity contribution < 1.29 is 10.0 Å². The second kappa shape index (κ2) is 5.05. The summed E-state index contributed by atoms with van der Waals surface area (Å²) in [5.74, 6) is -0.329. The zero-order chi connectivity index (χ0) is 6.41. The van der Waals surface area contributed by atoms with E-state index in [0.717, 1.165) is 11.8 Å². The van der Waals surface area contributed by atoms with Gasteiger partial charge in [0.1, 0.15) is 0 Å². The smallest absolute Gasteiger partial charge is 0.243 e. The summed E-state index contributed by atoms with van der Waals surface area (Å²) in [7, 11) is 0. The van der Waals surface area contributed by atoms with Crippen LogP contribution >= 0.6 is 15.9 Å². The summed E-state index contributed by atoms with van der Waals surface area (Å²) in [6, 6.07) is 0. The van der Waals surface area contributed by atoms with Crippen molar-refractivity contribution >= 4 is 21.8 Å². The molecule has 0 atom stereocenters. The number of rotatable bonds is 3. The van der Waals surface area contributed by atoms with Gasteiger partial charge in [0.25, 0.3) is 0 Å². The standard InChI is InChI=1S/C4H8BrNO2/c5-3-1-2-4(7)6-8/h8H,1-3H2,(H,6,7). The maximum atomic E-state index is 10.2. The Labute approximate surface area is 56.2 Å². The first-order valence-electron chi connectivity index (χ1n) is 2.30. The largest absolute Gasteiger partial charge is 0.289 e. The van der Waals surface area contributed by atoms with Gasteiger partial charge in [-0.3, -0.25) is 10.0 Å². The highest BCUT2D eigenvalue weighted by atomic mass is 79.9. The van der Waals surface area contributed by atoms with Crippen molar-refractivity contribution in [1.29, 1.82) is 0 Å². The minimum Gasteiger partial charge on any atom is -0.289 e. The Kier molecular flexibility index (Phi) is 5.00. The number of alkyl halides is 1. The molecule has 0 rings (SSSR count). The van der Waals surface area contributed by atoms with Gasteiger partial charge in [-0.05, 0) is 6.42 Å². The van der Waals surface area contributed by atoms with Gasteiger partial charge in [0.05, 0.1) is 0 Å². The molecule has 0 aliphatic carbocycles. The van der Waals surface area contributed by atoms with Gasteiger partial charge in [-0.2, -0.15) is 0 Å². The Balaban J connectivity index is 2.99. The van der Waals surface area contributed by atoms with Gasteiger partial charge >= 0.3 is 0 Å². The minimum absolute atomic E-state index is 0.329. The highest BCUT2D eigenvalue weighted by molar-refractivity contribution is 9.09. The topological polar surface area (TPSA) is 49.3 Å². The second-order valence-corrected chi connectivity index (χ2v) is 2.12. The average molecular weight is 182 g/mol. The summed E-state index contributed by atoms with van der Waals surface area (Å²) in [5, 5.41) is 8.74. The average Bonchev–Trinajstić information content (AvgIpc) is 1.83. The first-order chi connectivity index (χ1) is 3.81. The predicted molar refractivity (Wildman–Crippen MR) is 33.0 cm³/mol. The molecule has 48 valence electrons. The number of carbonyl (C=O) groups is 1. The summed E-state index contributed by atoms with van der Waals surface area (Å²) in [5.41, 5.74) is 1.54. The first-order valence-corrected chi connectivity index (χ1v) is 3.42. The Morgan fingerprint density at radius 3 is 2.75 bits per heavy atom. The minimum atomic E-state index is -0.329. The quantitative estimate of drug-likeness (QED) is 0.382. The lowest BCUT2D eigenvalue weighted by atomic mass is 10.3. The zero-order valence-electron chi connectivity index (χ0n) is 4.35. The van der Waals surface area contributed by atoms with Crippen LogP contribution in [0.4, 0.5) is 0 Å². The molecule has 0 bridgehead atoms. The highest BCUT2D eigenvalue weighted by Gasteiger charge is 1.94. The van der Waals surface area contributed by atoms with Gasteiger partial charge in [-0.25, -0.2) is 5.48 Å². The van der Waals surface area contributed by atoms with Gasteiger partial charge in [0, 0.05) is 11.8 Å². The molecule has 2 N–H and O–H groups in total. The molecule has 0 saturated heterocycles. The fourth-order valence-electron chi connectivity index (χ4n) is 0.283. The fourth-order valence-corrected chi connectivity index (χ4v) is 0.564. The van der Waals surface area contributed by atoms with Crippen LogP contribution in [0.5, 0.6) is 0 Å². The number of amides is 1. The molecule has 0 spiro atoms. The molecular formula is C4H8BrNO2. The summed E-state index contributed by atoms with van der Waals surface area (Å²) in [4.78, 5) is 10.2. The number of halogens is 1. The number of nitrogens with one attached hydrogen (secondary N) is 1. The van der Waals surface area contributed by atoms with E-state index >= 15 is 0 Å². The van der Waals surface area contributed by atoms with Gasteiger partial charge in [-0.15, -0.1) is 0 Å². The van der Waals surface area contributed by atoms with Crippen molar-refractivity contribution in [2.24, 2.45) is 0 Å². The molecule has 1 amide bonds. The van der Waals surface area contributed by atoms with Crippen LogP contribution < -0.4 is 5.48 Å². The Hall–Kier alpha value is -0.0900. The molecule has 0 aromatic carbocycles. The van der Waals surface area contributed by atoms with Crippen LogP contribution in [-0.2, 0) is 4.79 Å². The molecular weight excluding hydrogens is 174 g/mol. The van der Waals surface area contributed by atoms with E-state index in [1.807, 2.05) is 0 Å². The number of hydroxylamine groups is 1. The molecule has 0 aliphatic rings. The molecule has 0 heterocycles. The van der Waals surface area contributed by atoms with E-state index in [-0.39, 0.29) is 5.91 Å². The predicted octanol–water partition coefficient (Wildman–Crippen LogP) is 0.667. The monoisotopic (exact) mass is 181 g/mol. The summed E-state index contributed by atoms with van der Waals surface area (Å²) < 4.78 is 0. The van der Waals surface area contributed by atoms with Crippen LogP contribution in [0.3, 0.4) is 0 Å². The third kappa shape index (κ3) is 4.08. The summed E-state index contributed by atoms with van der Waals surface area (Å²) in [6.07, 6.45) is 1.13. The van der Waals surface area contributed by atoms with E-state index in [4.69, 9.17) is 5.21 Å². The lowest BCUT2D eigenvalue weighted by Gasteiger charge is -1.92. The third-order valence-electron chi connectivity index (χ3n) is 0.662. The van der Waals surface area contributed by atoms with E-state index < -0.39 is 0 Å². The normalized spacial score (nSPS) is 8.75. The van der Waals surface area contributed by atoms with Crippen LogP contribution in [0, 0.1) is 0 Å².